The van der Waals surface area contributed by atoms with Crippen LogP contribution in [0.2, 0.25) is 0 Å². The molecule has 2 saturated carbocycles. The summed E-state index contributed by atoms with van der Waals surface area (Å²) < 4.78 is 16.4. The van der Waals surface area contributed by atoms with Gasteiger partial charge in [0, 0.05) is 24.7 Å². The molecule has 0 amide bonds. The molecule has 0 aromatic carbocycles. The van der Waals surface area contributed by atoms with Crippen molar-refractivity contribution in [2.45, 2.75) is 69.7 Å². The number of esters is 2. The lowest BCUT2D eigenvalue weighted by Crippen LogP contribution is -2.79. The normalized spacial score (nSPS) is 42.9. The van der Waals surface area contributed by atoms with Crippen molar-refractivity contribution in [1.29, 1.82) is 0 Å². The summed E-state index contributed by atoms with van der Waals surface area (Å²) in [7, 11) is 0. The van der Waals surface area contributed by atoms with Gasteiger partial charge >= 0.3 is 11.9 Å². The van der Waals surface area contributed by atoms with E-state index in [1.807, 2.05) is 13.0 Å². The van der Waals surface area contributed by atoms with Crippen LogP contribution in [0.5, 0.6) is 0 Å². The number of alkyl halides is 1. The predicted molar refractivity (Wildman–Crippen MR) is 107 cm³/mol. The highest BCUT2D eigenvalue weighted by atomic mass is 35.5. The first-order chi connectivity index (χ1) is 14.1. The monoisotopic (exact) mass is 440 g/mol. The highest BCUT2D eigenvalue weighted by molar-refractivity contribution is 6.18. The fourth-order valence-corrected chi connectivity index (χ4v) is 6.93. The van der Waals surface area contributed by atoms with Gasteiger partial charge in [-0.05, 0) is 44.2 Å². The van der Waals surface area contributed by atoms with Crippen LogP contribution in [0.25, 0.3) is 0 Å². The van der Waals surface area contributed by atoms with Crippen molar-refractivity contribution in [3.05, 3.63) is 24.2 Å². The first-order valence-electron chi connectivity index (χ1n) is 10.5. The van der Waals surface area contributed by atoms with Crippen LogP contribution in [0.1, 0.15) is 51.5 Å². The average Bonchev–Trinajstić information content (AvgIpc) is 3.21. The van der Waals surface area contributed by atoms with Gasteiger partial charge in [0.1, 0.15) is 23.9 Å². The average molecular weight is 441 g/mol. The van der Waals surface area contributed by atoms with Gasteiger partial charge in [-0.25, -0.2) is 0 Å². The molecule has 6 unspecified atom stereocenters. The second-order valence-corrected chi connectivity index (χ2v) is 9.76. The molecule has 0 radical (unpaired) electrons. The number of aryl methyl sites for hydroxylation is 1. The van der Waals surface area contributed by atoms with Crippen LogP contribution in [0.4, 0.5) is 0 Å². The topological polar surface area (TPSA) is 106 Å². The number of cyclic esters (lactones) is 1. The van der Waals surface area contributed by atoms with E-state index in [-0.39, 0.29) is 31.3 Å². The molecule has 1 saturated heterocycles. The van der Waals surface area contributed by atoms with Gasteiger partial charge in [0.05, 0.1) is 23.8 Å². The Balaban J connectivity index is 1.84. The molecule has 6 atom stereocenters. The van der Waals surface area contributed by atoms with Gasteiger partial charge < -0.3 is 24.1 Å². The molecule has 7 nitrogen and oxygen atoms in total. The third-order valence-corrected chi connectivity index (χ3v) is 8.37. The summed E-state index contributed by atoms with van der Waals surface area (Å²) in [6, 6.07) is 1.81. The lowest BCUT2D eigenvalue weighted by Gasteiger charge is -2.69. The number of hydrogen-bond donors (Lipinski definition) is 2. The van der Waals surface area contributed by atoms with E-state index in [0.29, 0.717) is 25.7 Å². The Hall–Kier alpha value is -1.57. The van der Waals surface area contributed by atoms with Crippen molar-refractivity contribution < 1.29 is 33.7 Å². The smallest absolute Gasteiger partial charge is 0.312 e. The molecule has 0 spiro atoms. The van der Waals surface area contributed by atoms with Gasteiger partial charge in [0.15, 0.2) is 0 Å². The van der Waals surface area contributed by atoms with E-state index in [4.69, 9.17) is 25.5 Å². The number of ether oxygens (including phenoxy) is 2. The molecule has 2 N–H and O–H groups in total. The molecule has 1 aromatic rings. The third-order valence-electron chi connectivity index (χ3n) is 7.93. The quantitative estimate of drug-likeness (QED) is 0.535. The second-order valence-electron chi connectivity index (χ2n) is 9.49. The standard InChI is InChI=1S/C22H29ClO7/c1-14(24)30-16-10-21(26,12-23)22(27,8-4-15-5-9-28-11-15)20-7-3-6-19(2,17(16)20)18(25)29-13-20/h5,9,11,16-17,26-27H,3-4,6-8,10,12-13H2,1-2H3. The van der Waals surface area contributed by atoms with Crippen molar-refractivity contribution in [1.82, 2.24) is 0 Å². The molecule has 2 heterocycles. The number of aliphatic hydroxyl groups is 2. The summed E-state index contributed by atoms with van der Waals surface area (Å²) >= 11 is 6.26. The summed E-state index contributed by atoms with van der Waals surface area (Å²) in [5, 5.41) is 23.9. The van der Waals surface area contributed by atoms with Gasteiger partial charge in [-0.1, -0.05) is 6.42 Å². The van der Waals surface area contributed by atoms with Gasteiger partial charge in [-0.3, -0.25) is 9.59 Å². The van der Waals surface area contributed by atoms with Crippen LogP contribution >= 0.6 is 11.6 Å². The van der Waals surface area contributed by atoms with Crippen LogP contribution in [0.3, 0.4) is 0 Å². The van der Waals surface area contributed by atoms with E-state index in [0.717, 1.165) is 5.56 Å². The fourth-order valence-electron chi connectivity index (χ4n) is 6.60. The molecule has 1 aliphatic heterocycles. The molecule has 1 aromatic heterocycles. The van der Waals surface area contributed by atoms with Gasteiger partial charge in [0.2, 0.25) is 0 Å². The number of hydrogen-bond acceptors (Lipinski definition) is 7. The third kappa shape index (κ3) is 2.85. The lowest BCUT2D eigenvalue weighted by atomic mass is 9.40. The molecule has 30 heavy (non-hydrogen) atoms. The van der Waals surface area contributed by atoms with E-state index in [1.165, 1.54) is 6.92 Å². The van der Waals surface area contributed by atoms with E-state index in [1.54, 1.807) is 12.5 Å². The Kier molecular flexibility index (Phi) is 5.23. The van der Waals surface area contributed by atoms with Crippen molar-refractivity contribution in [3.8, 4) is 0 Å². The minimum absolute atomic E-state index is 0.0345. The minimum Gasteiger partial charge on any atom is -0.472 e. The Morgan fingerprint density at radius 2 is 2.13 bits per heavy atom. The molecule has 3 aliphatic rings. The predicted octanol–water partition coefficient (Wildman–Crippen LogP) is 2.60. The van der Waals surface area contributed by atoms with Crippen LogP contribution in [0.15, 0.2) is 23.0 Å². The Morgan fingerprint density at radius 3 is 2.77 bits per heavy atom. The molecule has 4 rings (SSSR count). The first kappa shape index (κ1) is 21.7. The van der Waals surface area contributed by atoms with E-state index in [9.17, 15) is 19.8 Å². The molecule has 166 valence electrons. The fraction of sp³-hybridized carbons (Fsp3) is 0.727. The summed E-state index contributed by atoms with van der Waals surface area (Å²) in [6.45, 7) is 3.10. The Labute approximate surface area is 180 Å². The maximum atomic E-state index is 12.9. The zero-order chi connectivity index (χ0) is 21.8. The highest BCUT2D eigenvalue weighted by Crippen LogP contribution is 2.67. The van der Waals surface area contributed by atoms with Crippen molar-refractivity contribution in [3.63, 3.8) is 0 Å². The van der Waals surface area contributed by atoms with Crippen LogP contribution in [-0.4, -0.2) is 51.9 Å². The maximum absolute atomic E-state index is 12.9. The van der Waals surface area contributed by atoms with Crippen LogP contribution in [-0.2, 0) is 25.5 Å². The molecular weight excluding hydrogens is 412 g/mol. The Morgan fingerprint density at radius 1 is 1.37 bits per heavy atom. The van der Waals surface area contributed by atoms with Crippen molar-refractivity contribution in [2.24, 2.45) is 16.7 Å². The number of furan rings is 1. The summed E-state index contributed by atoms with van der Waals surface area (Å²) in [6.07, 6.45) is 4.89. The summed E-state index contributed by atoms with van der Waals surface area (Å²) in [5.41, 5.74) is -4.34. The van der Waals surface area contributed by atoms with Crippen molar-refractivity contribution >= 4 is 23.5 Å². The maximum Gasteiger partial charge on any atom is 0.312 e. The van der Waals surface area contributed by atoms with Crippen LogP contribution < -0.4 is 0 Å². The van der Waals surface area contributed by atoms with E-state index in [2.05, 4.69) is 0 Å². The largest absolute Gasteiger partial charge is 0.472 e. The molecule has 3 fully saturated rings. The first-order valence-corrected chi connectivity index (χ1v) is 11.0. The minimum atomic E-state index is -1.71. The Bertz CT molecular complexity index is 825. The van der Waals surface area contributed by atoms with Gasteiger partial charge in [0.25, 0.3) is 0 Å². The molecule has 2 bridgehead atoms. The lowest BCUT2D eigenvalue weighted by molar-refractivity contribution is -0.327. The SMILES string of the molecule is CC(=O)OC1CC(O)(CCl)C(O)(CCc2ccoc2)C23CCCC(C)(C(=O)OC2)C13. The van der Waals surface area contributed by atoms with E-state index >= 15 is 0 Å². The zero-order valence-corrected chi connectivity index (χ0v) is 18.1. The highest BCUT2D eigenvalue weighted by Gasteiger charge is 2.76. The van der Waals surface area contributed by atoms with E-state index < -0.39 is 40.0 Å². The van der Waals surface area contributed by atoms with Crippen LogP contribution in [0, 0.1) is 16.7 Å². The van der Waals surface area contributed by atoms with Crippen molar-refractivity contribution in [2.75, 3.05) is 12.5 Å². The molecular formula is C22H29ClO7. The van der Waals surface area contributed by atoms with Gasteiger partial charge in [-0.15, -0.1) is 11.6 Å². The molecule has 8 heteroatoms. The second kappa shape index (κ2) is 7.24. The number of rotatable bonds is 5. The van der Waals surface area contributed by atoms with Gasteiger partial charge in [-0.2, -0.15) is 0 Å². The number of carbonyl (C=O) groups excluding carboxylic acids is 2. The zero-order valence-electron chi connectivity index (χ0n) is 17.4. The number of carbonyl (C=O) groups is 2. The number of halogens is 1. The molecule has 2 aliphatic carbocycles. The summed E-state index contributed by atoms with van der Waals surface area (Å²) in [4.78, 5) is 24.8. The summed E-state index contributed by atoms with van der Waals surface area (Å²) in [5.74, 6) is -1.53.